The molecule has 0 radical (unpaired) electrons. The van der Waals surface area contributed by atoms with Gasteiger partial charge in [-0.1, -0.05) is 5.16 Å². The number of halogens is 1. The van der Waals surface area contributed by atoms with E-state index >= 15 is 0 Å². The van der Waals surface area contributed by atoms with E-state index in [1.54, 1.807) is 0 Å². The molecular weight excluding hydrogens is 275 g/mol. The molecule has 102 valence electrons. The predicted octanol–water partition coefficient (Wildman–Crippen LogP) is 2.43. The van der Waals surface area contributed by atoms with Crippen LogP contribution in [0.3, 0.4) is 0 Å². The second kappa shape index (κ2) is 3.99. The molecule has 2 aliphatic rings. The Kier molecular flexibility index (Phi) is 2.24. The molecule has 1 N–H and O–H groups in total. The van der Waals surface area contributed by atoms with Crippen LogP contribution in [0.5, 0.6) is 0 Å². The van der Waals surface area contributed by atoms with Crippen LogP contribution in [-0.4, -0.2) is 16.7 Å². The third-order valence-electron chi connectivity index (χ3n) is 3.47. The van der Waals surface area contributed by atoms with Crippen molar-refractivity contribution in [3.05, 3.63) is 58.9 Å². The van der Waals surface area contributed by atoms with Gasteiger partial charge >= 0.3 is 0 Å². The van der Waals surface area contributed by atoms with Gasteiger partial charge in [-0.2, -0.15) is 0 Å². The lowest BCUT2D eigenvalue weighted by Gasteiger charge is -2.09. The van der Waals surface area contributed by atoms with Crippen LogP contribution in [0.4, 0.5) is 10.1 Å². The molecule has 0 bridgehead atoms. The van der Waals surface area contributed by atoms with E-state index in [9.17, 15) is 14.0 Å². The molecule has 0 saturated heterocycles. The summed E-state index contributed by atoms with van der Waals surface area (Å²) in [4.78, 5) is 24.5. The number of ketones is 2. The second-order valence-electron chi connectivity index (χ2n) is 4.71. The molecular formula is C15H7FN2O3. The number of rotatable bonds is 0. The number of anilines is 1. The monoisotopic (exact) mass is 282 g/mol. The number of hydrogen-bond acceptors (Lipinski definition) is 5. The van der Waals surface area contributed by atoms with Crippen molar-refractivity contribution >= 4 is 28.9 Å². The third kappa shape index (κ3) is 1.59. The molecule has 6 heteroatoms. The Morgan fingerprint density at radius 3 is 2.86 bits per heavy atom. The zero-order valence-corrected chi connectivity index (χ0v) is 10.5. The van der Waals surface area contributed by atoms with Crippen LogP contribution in [0.25, 0.3) is 11.6 Å². The Morgan fingerprint density at radius 2 is 2.00 bits per heavy atom. The highest BCUT2D eigenvalue weighted by atomic mass is 19.1. The molecule has 0 fully saturated rings. The Labute approximate surface area is 117 Å². The van der Waals surface area contributed by atoms with Crippen molar-refractivity contribution < 1.29 is 18.5 Å². The maximum Gasteiger partial charge on any atom is 0.212 e. The van der Waals surface area contributed by atoms with Gasteiger partial charge in [0.25, 0.3) is 0 Å². The Bertz CT molecular complexity index is 877. The van der Waals surface area contributed by atoms with Gasteiger partial charge in [0, 0.05) is 0 Å². The quantitative estimate of drug-likeness (QED) is 0.751. The van der Waals surface area contributed by atoms with E-state index in [0.29, 0.717) is 16.9 Å². The first-order valence-electron chi connectivity index (χ1n) is 6.18. The van der Waals surface area contributed by atoms with E-state index in [4.69, 9.17) is 4.52 Å². The summed E-state index contributed by atoms with van der Waals surface area (Å²) in [5.41, 5.74) is 1.92. The smallest absolute Gasteiger partial charge is 0.212 e. The number of nitrogens with zero attached hydrogens (tertiary/aromatic N) is 1. The number of aromatic nitrogens is 1. The number of nitrogens with one attached hydrogen (secondary N) is 1. The van der Waals surface area contributed by atoms with Crippen molar-refractivity contribution in [3.63, 3.8) is 0 Å². The largest absolute Gasteiger partial charge is 0.363 e. The summed E-state index contributed by atoms with van der Waals surface area (Å²) in [6.07, 6.45) is 4.17. The van der Waals surface area contributed by atoms with Crippen LogP contribution in [0.1, 0.15) is 21.6 Å². The van der Waals surface area contributed by atoms with Crippen molar-refractivity contribution in [2.45, 2.75) is 0 Å². The minimum atomic E-state index is -0.504. The van der Waals surface area contributed by atoms with Crippen molar-refractivity contribution in [1.82, 2.24) is 5.16 Å². The van der Waals surface area contributed by atoms with Gasteiger partial charge in [-0.05, 0) is 30.4 Å². The van der Waals surface area contributed by atoms with E-state index in [2.05, 4.69) is 10.5 Å². The van der Waals surface area contributed by atoms with Crippen molar-refractivity contribution in [2.75, 3.05) is 5.32 Å². The summed E-state index contributed by atoms with van der Waals surface area (Å²) in [6.45, 7) is 0. The highest BCUT2D eigenvalue weighted by Gasteiger charge is 2.33. The molecule has 0 unspecified atom stereocenters. The summed E-state index contributed by atoms with van der Waals surface area (Å²) in [6, 6.07) is 3.86. The molecule has 21 heavy (non-hydrogen) atoms. The molecule has 5 nitrogen and oxygen atoms in total. The summed E-state index contributed by atoms with van der Waals surface area (Å²) in [5.74, 6) is -1.25. The van der Waals surface area contributed by atoms with Gasteiger partial charge in [-0.15, -0.1) is 0 Å². The minimum Gasteiger partial charge on any atom is -0.363 e. The van der Waals surface area contributed by atoms with Crippen LogP contribution >= 0.6 is 0 Å². The average molecular weight is 282 g/mol. The molecule has 1 aromatic carbocycles. The fourth-order valence-corrected chi connectivity index (χ4v) is 2.50. The standard InChI is InChI=1S/C15H7FN2O3/c16-7-1-2-10-8(5-7)15(20)14(17-10)13-9-6-21-18-11(9)3-4-12(13)19/h1-6,17H. The molecule has 0 saturated carbocycles. The normalized spacial score (nSPS) is 19.5. The van der Waals surface area contributed by atoms with Crippen LogP contribution < -0.4 is 5.32 Å². The second-order valence-corrected chi connectivity index (χ2v) is 4.71. The highest BCUT2D eigenvalue weighted by Crippen LogP contribution is 2.36. The third-order valence-corrected chi connectivity index (χ3v) is 3.47. The summed E-state index contributed by atoms with van der Waals surface area (Å²) >= 11 is 0. The number of Topliss-reactive ketones (excluding diaryl/α,β-unsaturated/α-hetero) is 1. The zero-order chi connectivity index (χ0) is 14.6. The van der Waals surface area contributed by atoms with Crippen molar-refractivity contribution in [3.8, 4) is 0 Å². The molecule has 2 aromatic rings. The van der Waals surface area contributed by atoms with Gasteiger partial charge in [0.05, 0.1) is 28.1 Å². The molecule has 0 amide bonds. The molecule has 1 aliphatic carbocycles. The molecule has 0 atom stereocenters. The number of carbonyl (C=O) groups excluding carboxylic acids is 2. The maximum atomic E-state index is 13.3. The predicted molar refractivity (Wildman–Crippen MR) is 71.8 cm³/mol. The first-order valence-corrected chi connectivity index (χ1v) is 6.18. The van der Waals surface area contributed by atoms with E-state index < -0.39 is 11.6 Å². The Morgan fingerprint density at radius 1 is 1.14 bits per heavy atom. The maximum absolute atomic E-state index is 13.3. The lowest BCUT2D eigenvalue weighted by molar-refractivity contribution is -0.109. The van der Waals surface area contributed by atoms with Crippen LogP contribution in [0.2, 0.25) is 0 Å². The highest BCUT2D eigenvalue weighted by molar-refractivity contribution is 6.37. The van der Waals surface area contributed by atoms with Crippen LogP contribution in [0, 0.1) is 5.82 Å². The first-order chi connectivity index (χ1) is 10.1. The van der Waals surface area contributed by atoms with Gasteiger partial charge in [0.1, 0.15) is 17.8 Å². The van der Waals surface area contributed by atoms with Crippen molar-refractivity contribution in [2.24, 2.45) is 0 Å². The molecule has 4 rings (SSSR count). The molecule has 0 spiro atoms. The minimum absolute atomic E-state index is 0.120. The number of carbonyl (C=O) groups is 2. The fraction of sp³-hybridized carbons (Fsp3) is 0. The van der Waals surface area contributed by atoms with Crippen LogP contribution in [0.15, 0.2) is 40.8 Å². The van der Waals surface area contributed by atoms with Crippen LogP contribution in [-0.2, 0) is 4.79 Å². The Hall–Kier alpha value is -3.02. The van der Waals surface area contributed by atoms with E-state index in [0.717, 1.165) is 6.07 Å². The lowest BCUT2D eigenvalue weighted by Crippen LogP contribution is -2.13. The number of fused-ring (bicyclic) bond motifs is 2. The van der Waals surface area contributed by atoms with Gasteiger partial charge in [-0.25, -0.2) is 4.39 Å². The van der Waals surface area contributed by atoms with Gasteiger partial charge in [0.15, 0.2) is 5.78 Å². The van der Waals surface area contributed by atoms with Gasteiger partial charge in [0.2, 0.25) is 5.78 Å². The summed E-state index contributed by atoms with van der Waals surface area (Å²) < 4.78 is 18.1. The van der Waals surface area contributed by atoms with E-state index in [-0.39, 0.29) is 22.6 Å². The number of allylic oxidation sites excluding steroid dienone is 3. The average Bonchev–Trinajstić information content (AvgIpc) is 3.05. The van der Waals surface area contributed by atoms with Crippen molar-refractivity contribution in [1.29, 1.82) is 0 Å². The topological polar surface area (TPSA) is 72.2 Å². The fourth-order valence-electron chi connectivity index (χ4n) is 2.50. The summed E-state index contributed by atoms with van der Waals surface area (Å²) in [5, 5.41) is 6.64. The first kappa shape index (κ1) is 11.8. The molecule has 2 heterocycles. The zero-order valence-electron chi connectivity index (χ0n) is 10.5. The lowest BCUT2D eigenvalue weighted by atomic mass is 9.93. The summed E-state index contributed by atoms with van der Waals surface area (Å²) in [7, 11) is 0. The molecule has 1 aromatic heterocycles. The van der Waals surface area contributed by atoms with Gasteiger partial charge in [-0.3, -0.25) is 9.59 Å². The van der Waals surface area contributed by atoms with Gasteiger partial charge < -0.3 is 9.84 Å². The Balaban J connectivity index is 1.94. The van der Waals surface area contributed by atoms with E-state index in [1.807, 2.05) is 0 Å². The molecule has 1 aliphatic heterocycles. The van der Waals surface area contributed by atoms with E-state index in [1.165, 1.54) is 30.5 Å². The number of benzene rings is 1. The number of hydrogen-bond donors (Lipinski definition) is 1. The SMILES string of the molecule is O=C1C=Cc2nocc2C1=C1Nc2ccc(F)cc2C1=O.